The van der Waals surface area contributed by atoms with Crippen molar-refractivity contribution in [3.05, 3.63) is 70.7 Å². The third-order valence-corrected chi connectivity index (χ3v) is 5.01. The average molecular weight is 389 g/mol. The first-order valence-electron chi connectivity index (χ1n) is 9.25. The molecule has 2 atom stereocenters. The highest BCUT2D eigenvalue weighted by molar-refractivity contribution is 6.30. The molecule has 1 heterocycles. The fraction of sp³-hybridized carbons (Fsp3) is 0.381. The van der Waals surface area contributed by atoms with Gasteiger partial charge in [0.2, 0.25) is 0 Å². The second-order valence-electron chi connectivity index (χ2n) is 6.82. The Labute approximate surface area is 164 Å². The normalized spacial score (nSPS) is 16.7. The molecule has 1 amide bonds. The van der Waals surface area contributed by atoms with Crippen LogP contribution >= 0.6 is 11.6 Å². The molecule has 0 bridgehead atoms. The van der Waals surface area contributed by atoms with Crippen molar-refractivity contribution >= 4 is 17.7 Å². The third kappa shape index (κ3) is 5.96. The molecule has 144 valence electrons. The lowest BCUT2D eigenvalue weighted by Crippen LogP contribution is -2.46. The highest BCUT2D eigenvalue weighted by Gasteiger charge is 2.27. The standard InChI is InChI=1S/C21H25ClN2O3/c22-18-10-8-17(9-11-18)20(25)19(14-24-12-4-5-13-24)23-21(26)27-15-16-6-2-1-3-7-16/h1-3,6-11,19-20,25H,4-5,12-15H2,(H,23,26)/t19-,20?/m1/s1. The second kappa shape index (κ2) is 9.74. The topological polar surface area (TPSA) is 61.8 Å². The molecule has 0 spiro atoms. The monoisotopic (exact) mass is 388 g/mol. The molecule has 1 aliphatic heterocycles. The van der Waals surface area contributed by atoms with Crippen LogP contribution in [0.2, 0.25) is 5.02 Å². The minimum Gasteiger partial charge on any atom is -0.445 e. The number of ether oxygens (including phenoxy) is 1. The number of nitrogens with one attached hydrogen (secondary N) is 1. The molecule has 6 heteroatoms. The van der Waals surface area contributed by atoms with Crippen LogP contribution in [-0.4, -0.2) is 41.8 Å². The lowest BCUT2D eigenvalue weighted by molar-refractivity contribution is 0.0882. The van der Waals surface area contributed by atoms with E-state index in [1.165, 1.54) is 0 Å². The Morgan fingerprint density at radius 1 is 1.11 bits per heavy atom. The average Bonchev–Trinajstić information content (AvgIpc) is 3.20. The summed E-state index contributed by atoms with van der Waals surface area (Å²) in [4.78, 5) is 14.6. The van der Waals surface area contributed by atoms with Crippen LogP contribution in [-0.2, 0) is 11.3 Å². The number of alkyl carbamates (subject to hydrolysis) is 1. The Morgan fingerprint density at radius 2 is 1.78 bits per heavy atom. The maximum absolute atomic E-state index is 12.3. The molecule has 0 aromatic heterocycles. The number of hydrogen-bond donors (Lipinski definition) is 2. The number of carbonyl (C=O) groups excluding carboxylic acids is 1. The van der Waals surface area contributed by atoms with Crippen LogP contribution in [0, 0.1) is 0 Å². The molecule has 2 N–H and O–H groups in total. The number of carbonyl (C=O) groups is 1. The number of halogens is 1. The van der Waals surface area contributed by atoms with Crippen molar-refractivity contribution in [2.24, 2.45) is 0 Å². The third-order valence-electron chi connectivity index (χ3n) is 4.76. The summed E-state index contributed by atoms with van der Waals surface area (Å²) in [6, 6.07) is 16.1. The molecule has 2 aromatic carbocycles. The van der Waals surface area contributed by atoms with Crippen molar-refractivity contribution in [1.29, 1.82) is 0 Å². The fourth-order valence-corrected chi connectivity index (χ4v) is 3.40. The Bertz CT molecular complexity index is 718. The van der Waals surface area contributed by atoms with Gasteiger partial charge in [-0.3, -0.25) is 0 Å². The fourth-order valence-electron chi connectivity index (χ4n) is 3.28. The zero-order chi connectivity index (χ0) is 19.1. The van der Waals surface area contributed by atoms with Gasteiger partial charge in [-0.05, 0) is 49.2 Å². The highest BCUT2D eigenvalue weighted by atomic mass is 35.5. The summed E-state index contributed by atoms with van der Waals surface area (Å²) >= 11 is 5.94. The molecule has 0 radical (unpaired) electrons. The van der Waals surface area contributed by atoms with Gasteiger partial charge in [-0.15, -0.1) is 0 Å². The van der Waals surface area contributed by atoms with E-state index in [1.54, 1.807) is 24.3 Å². The molecule has 0 saturated carbocycles. The maximum atomic E-state index is 12.3. The van der Waals surface area contributed by atoms with Gasteiger partial charge >= 0.3 is 6.09 Å². The van der Waals surface area contributed by atoms with Gasteiger partial charge in [0, 0.05) is 11.6 Å². The first-order chi connectivity index (χ1) is 13.1. The lowest BCUT2D eigenvalue weighted by atomic mass is 10.0. The SMILES string of the molecule is O=C(N[C@H](CN1CCCC1)C(O)c1ccc(Cl)cc1)OCc1ccccc1. The number of hydrogen-bond acceptors (Lipinski definition) is 4. The molecule has 1 unspecified atom stereocenters. The van der Waals surface area contributed by atoms with Crippen LogP contribution in [0.25, 0.3) is 0 Å². The van der Waals surface area contributed by atoms with Gasteiger partial charge in [0.25, 0.3) is 0 Å². The van der Waals surface area contributed by atoms with E-state index < -0.39 is 18.2 Å². The van der Waals surface area contributed by atoms with Crippen LogP contribution in [0.5, 0.6) is 0 Å². The Kier molecular flexibility index (Phi) is 7.10. The number of aliphatic hydroxyl groups is 1. The summed E-state index contributed by atoms with van der Waals surface area (Å²) in [5.74, 6) is 0. The minimum atomic E-state index is -0.841. The molecular weight excluding hydrogens is 364 g/mol. The Hall–Kier alpha value is -2.08. The summed E-state index contributed by atoms with van der Waals surface area (Å²) in [6.07, 6.45) is 0.910. The minimum absolute atomic E-state index is 0.195. The number of aliphatic hydroxyl groups excluding tert-OH is 1. The van der Waals surface area contributed by atoms with Crippen molar-refractivity contribution in [3.8, 4) is 0 Å². The number of benzene rings is 2. The van der Waals surface area contributed by atoms with Crippen molar-refractivity contribution in [2.45, 2.75) is 31.6 Å². The Balaban J connectivity index is 1.63. The van der Waals surface area contributed by atoms with E-state index in [-0.39, 0.29) is 6.61 Å². The molecule has 2 aromatic rings. The summed E-state index contributed by atoms with van der Waals surface area (Å²) in [6.45, 7) is 2.72. The Morgan fingerprint density at radius 3 is 2.44 bits per heavy atom. The van der Waals surface area contributed by atoms with Crippen LogP contribution in [0.3, 0.4) is 0 Å². The maximum Gasteiger partial charge on any atom is 0.407 e. The number of nitrogens with zero attached hydrogens (tertiary/aromatic N) is 1. The summed E-state index contributed by atoms with van der Waals surface area (Å²) < 4.78 is 5.33. The predicted octanol–water partition coefficient (Wildman–Crippen LogP) is 3.76. The van der Waals surface area contributed by atoms with Gasteiger partial charge in [0.1, 0.15) is 12.7 Å². The van der Waals surface area contributed by atoms with E-state index in [2.05, 4.69) is 10.2 Å². The summed E-state index contributed by atoms with van der Waals surface area (Å²) in [5, 5.41) is 14.3. The summed E-state index contributed by atoms with van der Waals surface area (Å²) in [7, 11) is 0. The number of likely N-dealkylation sites (tertiary alicyclic amines) is 1. The molecule has 5 nitrogen and oxygen atoms in total. The van der Waals surface area contributed by atoms with Crippen LogP contribution in [0.4, 0.5) is 4.79 Å². The second-order valence-corrected chi connectivity index (χ2v) is 7.25. The van der Waals surface area contributed by atoms with E-state index in [1.807, 2.05) is 30.3 Å². The molecule has 1 saturated heterocycles. The zero-order valence-electron chi connectivity index (χ0n) is 15.2. The van der Waals surface area contributed by atoms with E-state index in [4.69, 9.17) is 16.3 Å². The smallest absolute Gasteiger partial charge is 0.407 e. The molecule has 1 fully saturated rings. The van der Waals surface area contributed by atoms with Crippen LogP contribution in [0.1, 0.15) is 30.1 Å². The van der Waals surface area contributed by atoms with E-state index in [9.17, 15) is 9.90 Å². The summed E-state index contributed by atoms with van der Waals surface area (Å²) in [5.41, 5.74) is 1.63. The van der Waals surface area contributed by atoms with Gasteiger partial charge in [-0.1, -0.05) is 54.1 Å². The highest BCUT2D eigenvalue weighted by Crippen LogP contribution is 2.21. The first-order valence-corrected chi connectivity index (χ1v) is 9.63. The lowest BCUT2D eigenvalue weighted by Gasteiger charge is -2.28. The van der Waals surface area contributed by atoms with Crippen molar-refractivity contribution in [1.82, 2.24) is 10.2 Å². The van der Waals surface area contributed by atoms with Gasteiger partial charge in [0.05, 0.1) is 6.04 Å². The van der Waals surface area contributed by atoms with E-state index in [0.29, 0.717) is 17.1 Å². The predicted molar refractivity (Wildman–Crippen MR) is 106 cm³/mol. The van der Waals surface area contributed by atoms with Gasteiger partial charge in [-0.25, -0.2) is 4.79 Å². The molecule has 27 heavy (non-hydrogen) atoms. The largest absolute Gasteiger partial charge is 0.445 e. The van der Waals surface area contributed by atoms with Crippen molar-refractivity contribution in [2.75, 3.05) is 19.6 Å². The van der Waals surface area contributed by atoms with E-state index >= 15 is 0 Å². The van der Waals surface area contributed by atoms with Crippen LogP contribution in [0.15, 0.2) is 54.6 Å². The van der Waals surface area contributed by atoms with E-state index in [0.717, 1.165) is 31.5 Å². The van der Waals surface area contributed by atoms with Crippen molar-refractivity contribution in [3.63, 3.8) is 0 Å². The zero-order valence-corrected chi connectivity index (χ0v) is 15.9. The first kappa shape index (κ1) is 19.7. The van der Waals surface area contributed by atoms with Crippen LogP contribution < -0.4 is 5.32 Å². The number of rotatable bonds is 7. The molecular formula is C21H25ClN2O3. The molecule has 1 aliphatic rings. The molecule has 3 rings (SSSR count). The molecule has 0 aliphatic carbocycles. The van der Waals surface area contributed by atoms with Crippen molar-refractivity contribution < 1.29 is 14.6 Å². The quantitative estimate of drug-likeness (QED) is 0.758. The van der Waals surface area contributed by atoms with Gasteiger partial charge < -0.3 is 20.1 Å². The van der Waals surface area contributed by atoms with Gasteiger partial charge in [-0.2, -0.15) is 0 Å². The van der Waals surface area contributed by atoms with Gasteiger partial charge in [0.15, 0.2) is 0 Å². The number of amides is 1.